The molecule has 0 bridgehead atoms. The molecule has 17 heavy (non-hydrogen) atoms. The molecule has 2 heterocycles. The number of rotatable bonds is 1. The predicted octanol–water partition coefficient (Wildman–Crippen LogP) is 3.24. The standard InChI is InChI=1S/C12H18N2OS2/c1-12(2,3)9-6-10(16)14-11(13-9)8-7-17-5-4-15-8/h6,8H,4-5,7H2,1-3H3,(H,13,14,16). The highest BCUT2D eigenvalue weighted by Gasteiger charge is 2.21. The third-order valence-corrected chi connectivity index (χ3v) is 3.89. The fourth-order valence-electron chi connectivity index (χ4n) is 1.68. The van der Waals surface area contributed by atoms with E-state index in [-0.39, 0.29) is 11.5 Å². The zero-order chi connectivity index (χ0) is 12.5. The fraction of sp³-hybridized carbons (Fsp3) is 0.667. The average Bonchev–Trinajstić information content (AvgIpc) is 2.28. The highest BCUT2D eigenvalue weighted by Crippen LogP contribution is 2.26. The molecule has 1 unspecified atom stereocenters. The number of ether oxygens (including phenoxy) is 1. The number of hydrogen-bond acceptors (Lipinski definition) is 4. The van der Waals surface area contributed by atoms with Crippen LogP contribution in [-0.2, 0) is 10.2 Å². The van der Waals surface area contributed by atoms with Gasteiger partial charge < -0.3 is 9.72 Å². The zero-order valence-electron chi connectivity index (χ0n) is 10.4. The van der Waals surface area contributed by atoms with Gasteiger partial charge in [-0.15, -0.1) is 0 Å². The Hall–Kier alpha value is -0.390. The lowest BCUT2D eigenvalue weighted by atomic mass is 9.92. The second-order valence-corrected chi connectivity index (χ2v) is 6.77. The van der Waals surface area contributed by atoms with Crippen LogP contribution in [0, 0.1) is 4.64 Å². The Morgan fingerprint density at radius 1 is 1.53 bits per heavy atom. The van der Waals surface area contributed by atoms with Crippen LogP contribution in [0.2, 0.25) is 0 Å². The van der Waals surface area contributed by atoms with Crippen molar-refractivity contribution in [2.24, 2.45) is 0 Å². The molecule has 5 heteroatoms. The predicted molar refractivity (Wildman–Crippen MR) is 74.1 cm³/mol. The molecule has 0 aromatic carbocycles. The van der Waals surface area contributed by atoms with E-state index in [1.54, 1.807) is 0 Å². The summed E-state index contributed by atoms with van der Waals surface area (Å²) in [5, 5.41) is 0. The number of aromatic amines is 1. The second kappa shape index (κ2) is 5.08. The largest absolute Gasteiger partial charge is 0.369 e. The first kappa shape index (κ1) is 13.1. The van der Waals surface area contributed by atoms with Crippen molar-refractivity contribution in [2.45, 2.75) is 32.3 Å². The van der Waals surface area contributed by atoms with Gasteiger partial charge in [-0.05, 0) is 6.07 Å². The van der Waals surface area contributed by atoms with Gasteiger partial charge in [-0.25, -0.2) is 4.98 Å². The van der Waals surface area contributed by atoms with Crippen LogP contribution in [-0.4, -0.2) is 28.1 Å². The summed E-state index contributed by atoms with van der Waals surface area (Å²) in [6, 6.07) is 1.94. The third-order valence-electron chi connectivity index (χ3n) is 2.69. The number of thioether (sulfide) groups is 1. The fourth-order valence-corrected chi connectivity index (χ4v) is 2.74. The first-order chi connectivity index (χ1) is 7.97. The van der Waals surface area contributed by atoms with Crippen molar-refractivity contribution in [1.29, 1.82) is 0 Å². The Morgan fingerprint density at radius 2 is 2.29 bits per heavy atom. The van der Waals surface area contributed by atoms with E-state index in [1.807, 2.05) is 17.8 Å². The molecule has 1 N–H and O–H groups in total. The number of nitrogens with zero attached hydrogens (tertiary/aromatic N) is 1. The van der Waals surface area contributed by atoms with Crippen molar-refractivity contribution in [2.75, 3.05) is 18.1 Å². The lowest BCUT2D eigenvalue weighted by Crippen LogP contribution is -2.21. The van der Waals surface area contributed by atoms with Gasteiger partial charge in [-0.1, -0.05) is 33.0 Å². The lowest BCUT2D eigenvalue weighted by molar-refractivity contribution is 0.0690. The van der Waals surface area contributed by atoms with Crippen molar-refractivity contribution in [3.8, 4) is 0 Å². The van der Waals surface area contributed by atoms with Crippen LogP contribution in [0.15, 0.2) is 6.07 Å². The molecule has 0 aliphatic carbocycles. The molecule has 0 radical (unpaired) electrons. The highest BCUT2D eigenvalue weighted by molar-refractivity contribution is 7.99. The quantitative estimate of drug-likeness (QED) is 0.795. The normalized spacial score (nSPS) is 21.5. The molecule has 1 fully saturated rings. The van der Waals surface area contributed by atoms with E-state index in [0.717, 1.165) is 29.6 Å². The summed E-state index contributed by atoms with van der Waals surface area (Å²) in [4.78, 5) is 7.77. The van der Waals surface area contributed by atoms with E-state index >= 15 is 0 Å². The molecule has 1 aromatic heterocycles. The minimum Gasteiger partial charge on any atom is -0.369 e. The highest BCUT2D eigenvalue weighted by atomic mass is 32.2. The van der Waals surface area contributed by atoms with Gasteiger partial charge in [0, 0.05) is 22.6 Å². The molecule has 0 spiro atoms. The smallest absolute Gasteiger partial charge is 0.138 e. The van der Waals surface area contributed by atoms with Gasteiger partial charge in [0.05, 0.1) is 6.61 Å². The van der Waals surface area contributed by atoms with Gasteiger partial charge >= 0.3 is 0 Å². The van der Waals surface area contributed by atoms with Crippen LogP contribution in [0.3, 0.4) is 0 Å². The van der Waals surface area contributed by atoms with Crippen LogP contribution in [0.5, 0.6) is 0 Å². The molecule has 1 saturated heterocycles. The molecule has 1 aliphatic heterocycles. The van der Waals surface area contributed by atoms with E-state index in [1.165, 1.54) is 0 Å². The minimum absolute atomic E-state index is 0.0487. The molecule has 94 valence electrons. The second-order valence-electron chi connectivity index (χ2n) is 5.20. The monoisotopic (exact) mass is 270 g/mol. The van der Waals surface area contributed by atoms with E-state index in [9.17, 15) is 0 Å². The van der Waals surface area contributed by atoms with Crippen LogP contribution in [0.4, 0.5) is 0 Å². The summed E-state index contributed by atoms with van der Waals surface area (Å²) in [7, 11) is 0. The van der Waals surface area contributed by atoms with Gasteiger partial charge in [0.15, 0.2) is 0 Å². The van der Waals surface area contributed by atoms with Gasteiger partial charge in [0.2, 0.25) is 0 Å². The molecular formula is C12H18N2OS2. The van der Waals surface area contributed by atoms with Crippen molar-refractivity contribution in [1.82, 2.24) is 9.97 Å². The Balaban J connectivity index is 2.34. The number of nitrogens with one attached hydrogen (secondary N) is 1. The van der Waals surface area contributed by atoms with Crippen LogP contribution < -0.4 is 0 Å². The van der Waals surface area contributed by atoms with Crippen LogP contribution >= 0.6 is 24.0 Å². The van der Waals surface area contributed by atoms with Crippen molar-refractivity contribution in [3.05, 3.63) is 22.2 Å². The zero-order valence-corrected chi connectivity index (χ0v) is 12.1. The summed E-state index contributed by atoms with van der Waals surface area (Å²) < 4.78 is 6.37. The van der Waals surface area contributed by atoms with Gasteiger partial charge in [0.25, 0.3) is 0 Å². The Bertz CT molecular complexity index is 445. The first-order valence-electron chi connectivity index (χ1n) is 5.78. The summed E-state index contributed by atoms with van der Waals surface area (Å²) >= 11 is 7.13. The third kappa shape index (κ3) is 3.30. The number of H-pyrrole nitrogens is 1. The molecule has 1 aromatic rings. The van der Waals surface area contributed by atoms with E-state index in [0.29, 0.717) is 4.64 Å². The Morgan fingerprint density at radius 3 is 2.88 bits per heavy atom. The summed E-state index contributed by atoms with van der Waals surface area (Å²) in [6.07, 6.45) is 0.0535. The van der Waals surface area contributed by atoms with E-state index in [2.05, 4.69) is 30.7 Å². The molecule has 3 nitrogen and oxygen atoms in total. The van der Waals surface area contributed by atoms with Crippen LogP contribution in [0.25, 0.3) is 0 Å². The summed E-state index contributed by atoms with van der Waals surface area (Å²) in [6.45, 7) is 7.27. The van der Waals surface area contributed by atoms with Crippen molar-refractivity contribution < 1.29 is 4.74 Å². The van der Waals surface area contributed by atoms with Gasteiger partial charge in [0.1, 0.15) is 16.6 Å². The molecule has 2 rings (SSSR count). The average molecular weight is 270 g/mol. The minimum atomic E-state index is 0.0487. The summed E-state index contributed by atoms with van der Waals surface area (Å²) in [5.41, 5.74) is 1.17. The lowest BCUT2D eigenvalue weighted by Gasteiger charge is -2.24. The summed E-state index contributed by atoms with van der Waals surface area (Å²) in [5.74, 6) is 2.89. The number of hydrogen-bond donors (Lipinski definition) is 1. The Labute approximate surface area is 111 Å². The topological polar surface area (TPSA) is 37.9 Å². The number of aromatic nitrogens is 2. The maximum absolute atomic E-state index is 5.73. The van der Waals surface area contributed by atoms with Crippen LogP contribution in [0.1, 0.15) is 38.4 Å². The maximum Gasteiger partial charge on any atom is 0.138 e. The van der Waals surface area contributed by atoms with E-state index in [4.69, 9.17) is 17.0 Å². The van der Waals surface area contributed by atoms with Crippen molar-refractivity contribution in [3.63, 3.8) is 0 Å². The Kier molecular flexibility index (Phi) is 3.90. The molecule has 0 saturated carbocycles. The van der Waals surface area contributed by atoms with Crippen molar-refractivity contribution >= 4 is 24.0 Å². The molecule has 0 amide bonds. The SMILES string of the molecule is CC(C)(C)c1cc(=S)nc(C2CSCCO2)[nH]1. The van der Waals surface area contributed by atoms with Gasteiger partial charge in [-0.3, -0.25) is 0 Å². The van der Waals surface area contributed by atoms with Gasteiger partial charge in [-0.2, -0.15) is 11.8 Å². The maximum atomic E-state index is 5.73. The van der Waals surface area contributed by atoms with E-state index < -0.39 is 0 Å². The first-order valence-corrected chi connectivity index (χ1v) is 7.34. The molecule has 1 aliphatic rings. The molecular weight excluding hydrogens is 252 g/mol. The molecule has 1 atom stereocenters.